The van der Waals surface area contributed by atoms with E-state index in [9.17, 15) is 0 Å². The minimum absolute atomic E-state index is 0.459. The molecule has 0 spiro atoms. The molecule has 4 nitrogen and oxygen atoms in total. The normalized spacial score (nSPS) is 28.0. The zero-order valence-electron chi connectivity index (χ0n) is 12.0. The minimum atomic E-state index is 0.459. The summed E-state index contributed by atoms with van der Waals surface area (Å²) in [7, 11) is 0. The lowest BCUT2D eigenvalue weighted by Gasteiger charge is -2.46. The summed E-state index contributed by atoms with van der Waals surface area (Å²) in [5, 5.41) is 1.23. The second kappa shape index (κ2) is 5.50. The average molecular weight is 300 g/mol. The highest BCUT2D eigenvalue weighted by Gasteiger charge is 2.35. The molecular formula is C16H20N4S. The third-order valence-corrected chi connectivity index (χ3v) is 5.69. The molecule has 1 atom stereocenters. The summed E-state index contributed by atoms with van der Waals surface area (Å²) in [5.41, 5.74) is 8.21. The van der Waals surface area contributed by atoms with Crippen molar-refractivity contribution in [3.63, 3.8) is 0 Å². The Bertz CT molecular complexity index is 616. The van der Waals surface area contributed by atoms with Crippen LogP contribution >= 0.6 is 11.3 Å². The standard InChI is InChI=1S/C16H20N4S/c17-10-14-15(12-4-2-1-3-5-12)18-16(21-14)13-11-19-6-8-20(13)9-7-19/h1-5,13H,6-11,17H2. The average Bonchev–Trinajstić information content (AvgIpc) is 3.01. The quantitative estimate of drug-likeness (QED) is 0.941. The van der Waals surface area contributed by atoms with E-state index in [-0.39, 0.29) is 0 Å². The van der Waals surface area contributed by atoms with Crippen LogP contribution in [0.3, 0.4) is 0 Å². The molecule has 0 radical (unpaired) electrons. The Morgan fingerprint density at radius 3 is 2.52 bits per heavy atom. The number of nitrogens with zero attached hydrogens (tertiary/aromatic N) is 3. The first-order valence-electron chi connectivity index (χ1n) is 7.56. The number of hydrogen-bond acceptors (Lipinski definition) is 5. The second-order valence-electron chi connectivity index (χ2n) is 5.75. The molecule has 0 aliphatic carbocycles. The molecule has 110 valence electrons. The molecule has 5 rings (SSSR count). The fourth-order valence-electron chi connectivity index (χ4n) is 3.32. The zero-order valence-corrected chi connectivity index (χ0v) is 12.9. The maximum atomic E-state index is 5.95. The molecule has 1 aromatic heterocycles. The Balaban J connectivity index is 1.70. The van der Waals surface area contributed by atoms with E-state index in [4.69, 9.17) is 10.7 Å². The van der Waals surface area contributed by atoms with Crippen LogP contribution in [0.2, 0.25) is 0 Å². The van der Waals surface area contributed by atoms with Gasteiger partial charge in [0.1, 0.15) is 5.01 Å². The predicted molar refractivity (Wildman–Crippen MR) is 86.2 cm³/mol. The fraction of sp³-hybridized carbons (Fsp3) is 0.438. The monoisotopic (exact) mass is 300 g/mol. The van der Waals surface area contributed by atoms with Crippen molar-refractivity contribution in [3.05, 3.63) is 40.2 Å². The van der Waals surface area contributed by atoms with E-state index in [0.29, 0.717) is 12.6 Å². The molecule has 21 heavy (non-hydrogen) atoms. The molecule has 3 fully saturated rings. The summed E-state index contributed by atoms with van der Waals surface area (Å²) in [6, 6.07) is 10.9. The highest BCUT2D eigenvalue weighted by molar-refractivity contribution is 7.12. The number of fused-ring (bicyclic) bond motifs is 3. The fourth-order valence-corrected chi connectivity index (χ4v) is 4.42. The first-order chi connectivity index (χ1) is 10.3. The Labute approximate surface area is 129 Å². The molecule has 2 N–H and O–H groups in total. The molecule has 4 heterocycles. The van der Waals surface area contributed by atoms with E-state index in [0.717, 1.165) is 12.2 Å². The third-order valence-electron chi connectivity index (χ3n) is 4.51. The Hall–Kier alpha value is -1.27. The van der Waals surface area contributed by atoms with Crippen LogP contribution in [-0.4, -0.2) is 47.5 Å². The van der Waals surface area contributed by atoms with Crippen LogP contribution in [0.4, 0.5) is 0 Å². The number of rotatable bonds is 3. The van der Waals surface area contributed by atoms with Gasteiger partial charge in [0.2, 0.25) is 0 Å². The van der Waals surface area contributed by atoms with Gasteiger partial charge in [-0.3, -0.25) is 9.80 Å². The third kappa shape index (κ3) is 2.40. The Morgan fingerprint density at radius 1 is 1.14 bits per heavy atom. The van der Waals surface area contributed by atoms with Crippen molar-refractivity contribution in [2.75, 3.05) is 32.7 Å². The second-order valence-corrected chi connectivity index (χ2v) is 6.86. The van der Waals surface area contributed by atoms with Gasteiger partial charge in [0.25, 0.3) is 0 Å². The Kier molecular flexibility index (Phi) is 3.51. The van der Waals surface area contributed by atoms with Crippen LogP contribution in [0.25, 0.3) is 11.3 Å². The number of nitrogens with two attached hydrogens (primary N) is 1. The van der Waals surface area contributed by atoms with Gasteiger partial charge in [-0.05, 0) is 0 Å². The van der Waals surface area contributed by atoms with Gasteiger partial charge in [0.05, 0.1) is 11.7 Å². The van der Waals surface area contributed by atoms with Gasteiger partial charge in [-0.25, -0.2) is 4.98 Å². The maximum Gasteiger partial charge on any atom is 0.112 e. The van der Waals surface area contributed by atoms with Crippen molar-refractivity contribution in [2.45, 2.75) is 12.6 Å². The van der Waals surface area contributed by atoms with E-state index in [1.165, 1.54) is 41.6 Å². The van der Waals surface area contributed by atoms with E-state index in [2.05, 4.69) is 34.1 Å². The number of aromatic nitrogens is 1. The van der Waals surface area contributed by atoms with Gasteiger partial charge in [-0.2, -0.15) is 0 Å². The molecule has 3 aliphatic heterocycles. The van der Waals surface area contributed by atoms with Crippen molar-refractivity contribution in [2.24, 2.45) is 5.73 Å². The van der Waals surface area contributed by atoms with E-state index in [1.807, 2.05) is 6.07 Å². The summed E-state index contributed by atoms with van der Waals surface area (Å²) < 4.78 is 0. The molecule has 5 heteroatoms. The first-order valence-corrected chi connectivity index (χ1v) is 8.38. The Morgan fingerprint density at radius 2 is 1.90 bits per heavy atom. The van der Waals surface area contributed by atoms with Crippen LogP contribution in [-0.2, 0) is 6.54 Å². The molecule has 1 aromatic carbocycles. The topological polar surface area (TPSA) is 45.4 Å². The molecule has 0 saturated carbocycles. The number of piperazine rings is 3. The molecule has 2 bridgehead atoms. The largest absolute Gasteiger partial charge is 0.326 e. The summed E-state index contributed by atoms with van der Waals surface area (Å²) in [4.78, 5) is 11.3. The molecule has 3 saturated heterocycles. The van der Waals surface area contributed by atoms with Crippen LogP contribution in [0, 0.1) is 0 Å². The summed E-state index contributed by atoms with van der Waals surface area (Å²) in [6.07, 6.45) is 0. The summed E-state index contributed by atoms with van der Waals surface area (Å²) in [6.45, 7) is 6.43. The number of thiazole rings is 1. The van der Waals surface area contributed by atoms with Crippen LogP contribution in [0.1, 0.15) is 15.9 Å². The van der Waals surface area contributed by atoms with Gasteiger partial charge < -0.3 is 5.73 Å². The van der Waals surface area contributed by atoms with Crippen LogP contribution in [0.15, 0.2) is 30.3 Å². The maximum absolute atomic E-state index is 5.95. The van der Waals surface area contributed by atoms with Gasteiger partial charge in [-0.1, -0.05) is 30.3 Å². The molecular weight excluding hydrogens is 280 g/mol. The van der Waals surface area contributed by atoms with Crippen LogP contribution in [0.5, 0.6) is 0 Å². The highest BCUT2D eigenvalue weighted by atomic mass is 32.1. The highest BCUT2D eigenvalue weighted by Crippen LogP contribution is 2.36. The van der Waals surface area contributed by atoms with Crippen molar-refractivity contribution in [1.29, 1.82) is 0 Å². The van der Waals surface area contributed by atoms with Crippen molar-refractivity contribution < 1.29 is 0 Å². The lowest BCUT2D eigenvalue weighted by Crippen LogP contribution is -2.56. The van der Waals surface area contributed by atoms with Crippen molar-refractivity contribution >= 4 is 11.3 Å². The number of hydrogen-bond donors (Lipinski definition) is 1. The first kappa shape index (κ1) is 13.4. The van der Waals surface area contributed by atoms with Crippen molar-refractivity contribution in [3.8, 4) is 11.3 Å². The van der Waals surface area contributed by atoms with Gasteiger partial charge in [0, 0.05) is 49.7 Å². The lowest BCUT2D eigenvalue weighted by atomic mass is 10.1. The predicted octanol–water partition coefficient (Wildman–Crippen LogP) is 1.94. The van der Waals surface area contributed by atoms with Gasteiger partial charge >= 0.3 is 0 Å². The van der Waals surface area contributed by atoms with E-state index >= 15 is 0 Å². The smallest absolute Gasteiger partial charge is 0.112 e. The summed E-state index contributed by atoms with van der Waals surface area (Å²) >= 11 is 1.80. The number of benzene rings is 1. The van der Waals surface area contributed by atoms with Gasteiger partial charge in [0.15, 0.2) is 0 Å². The molecule has 1 unspecified atom stereocenters. The van der Waals surface area contributed by atoms with Gasteiger partial charge in [-0.15, -0.1) is 11.3 Å². The molecule has 3 aliphatic rings. The SMILES string of the molecule is NCc1sc(C2CN3CCN2CC3)nc1-c1ccccc1. The van der Waals surface area contributed by atoms with E-state index in [1.54, 1.807) is 11.3 Å². The lowest BCUT2D eigenvalue weighted by molar-refractivity contribution is 0.0123. The minimum Gasteiger partial charge on any atom is -0.326 e. The molecule has 2 aromatic rings. The van der Waals surface area contributed by atoms with Crippen molar-refractivity contribution in [1.82, 2.24) is 14.8 Å². The molecule has 0 amide bonds. The van der Waals surface area contributed by atoms with E-state index < -0.39 is 0 Å². The van der Waals surface area contributed by atoms with Crippen LogP contribution < -0.4 is 5.73 Å². The zero-order chi connectivity index (χ0) is 14.2. The summed E-state index contributed by atoms with van der Waals surface area (Å²) in [5.74, 6) is 0.